The SMILES string of the molecule is Nc1cc(Cl)ccc1C(=O)Cc1cccc(Br)c1. The Morgan fingerprint density at radius 3 is 2.67 bits per heavy atom. The van der Waals surface area contributed by atoms with E-state index in [1.807, 2.05) is 24.3 Å². The van der Waals surface area contributed by atoms with Crippen molar-refractivity contribution in [2.75, 3.05) is 5.73 Å². The highest BCUT2D eigenvalue weighted by Crippen LogP contribution is 2.20. The minimum atomic E-state index is -0.0118. The zero-order valence-electron chi connectivity index (χ0n) is 9.49. The van der Waals surface area contributed by atoms with Crippen molar-refractivity contribution in [3.63, 3.8) is 0 Å². The van der Waals surface area contributed by atoms with E-state index in [-0.39, 0.29) is 5.78 Å². The van der Waals surface area contributed by atoms with Gasteiger partial charge in [-0.05, 0) is 35.9 Å². The lowest BCUT2D eigenvalue weighted by Crippen LogP contribution is -2.06. The fourth-order valence-corrected chi connectivity index (χ4v) is 2.34. The van der Waals surface area contributed by atoms with E-state index in [1.54, 1.807) is 18.2 Å². The Hall–Kier alpha value is -1.32. The number of hydrogen-bond donors (Lipinski definition) is 1. The summed E-state index contributed by atoms with van der Waals surface area (Å²) < 4.78 is 0.955. The molecular weight excluding hydrogens is 314 g/mol. The van der Waals surface area contributed by atoms with Gasteiger partial charge in [0.15, 0.2) is 5.78 Å². The standard InChI is InChI=1S/C14H11BrClNO/c15-10-3-1-2-9(6-10)7-14(18)12-5-4-11(16)8-13(12)17/h1-6,8H,7,17H2. The van der Waals surface area contributed by atoms with Crippen LogP contribution in [0.15, 0.2) is 46.9 Å². The Morgan fingerprint density at radius 2 is 2.00 bits per heavy atom. The lowest BCUT2D eigenvalue weighted by atomic mass is 10.0. The molecule has 0 atom stereocenters. The number of carbonyl (C=O) groups excluding carboxylic acids is 1. The van der Waals surface area contributed by atoms with Crippen molar-refractivity contribution in [3.8, 4) is 0 Å². The molecule has 0 saturated carbocycles. The molecule has 0 amide bonds. The maximum atomic E-state index is 12.1. The summed E-state index contributed by atoms with van der Waals surface area (Å²) in [5.74, 6) is -0.0118. The van der Waals surface area contributed by atoms with Gasteiger partial charge in [0.05, 0.1) is 0 Å². The van der Waals surface area contributed by atoms with Gasteiger partial charge < -0.3 is 5.73 Å². The summed E-state index contributed by atoms with van der Waals surface area (Å²) in [7, 11) is 0. The molecule has 92 valence electrons. The van der Waals surface area contributed by atoms with Crippen molar-refractivity contribution < 1.29 is 4.79 Å². The average Bonchev–Trinajstić information content (AvgIpc) is 2.28. The molecule has 0 aromatic heterocycles. The first-order chi connectivity index (χ1) is 8.56. The van der Waals surface area contributed by atoms with Crippen LogP contribution in [0.5, 0.6) is 0 Å². The molecule has 0 aliphatic rings. The number of Topliss-reactive ketones (excluding diaryl/α,β-unsaturated/α-hetero) is 1. The van der Waals surface area contributed by atoms with E-state index in [2.05, 4.69) is 15.9 Å². The normalized spacial score (nSPS) is 10.3. The molecule has 2 nitrogen and oxygen atoms in total. The number of anilines is 1. The summed E-state index contributed by atoms with van der Waals surface area (Å²) in [5, 5.41) is 0.534. The predicted octanol–water partition coefficient (Wildman–Crippen LogP) is 4.11. The second-order valence-corrected chi connectivity index (χ2v) is 5.31. The highest BCUT2D eigenvalue weighted by molar-refractivity contribution is 9.10. The quantitative estimate of drug-likeness (QED) is 0.682. The molecule has 2 aromatic rings. The van der Waals surface area contributed by atoms with Crippen LogP contribution in [-0.2, 0) is 6.42 Å². The van der Waals surface area contributed by atoms with E-state index >= 15 is 0 Å². The first-order valence-electron chi connectivity index (χ1n) is 5.39. The lowest BCUT2D eigenvalue weighted by Gasteiger charge is -2.05. The van der Waals surface area contributed by atoms with Crippen molar-refractivity contribution in [2.24, 2.45) is 0 Å². The third-order valence-electron chi connectivity index (χ3n) is 2.57. The van der Waals surface area contributed by atoms with Crippen LogP contribution in [0.1, 0.15) is 15.9 Å². The molecule has 0 spiro atoms. The van der Waals surface area contributed by atoms with Crippen LogP contribution in [0, 0.1) is 0 Å². The van der Waals surface area contributed by atoms with Gasteiger partial charge in [-0.15, -0.1) is 0 Å². The molecule has 0 unspecified atom stereocenters. The highest BCUT2D eigenvalue weighted by atomic mass is 79.9. The van der Waals surface area contributed by atoms with Gasteiger partial charge in [-0.1, -0.05) is 39.7 Å². The van der Waals surface area contributed by atoms with E-state index < -0.39 is 0 Å². The molecule has 2 rings (SSSR count). The maximum absolute atomic E-state index is 12.1. The van der Waals surface area contributed by atoms with Crippen molar-refractivity contribution in [1.29, 1.82) is 0 Å². The topological polar surface area (TPSA) is 43.1 Å². The van der Waals surface area contributed by atoms with E-state index in [4.69, 9.17) is 17.3 Å². The Kier molecular flexibility index (Phi) is 4.04. The molecule has 2 aromatic carbocycles. The molecular formula is C14H11BrClNO. The van der Waals surface area contributed by atoms with Gasteiger partial charge in [0.1, 0.15) is 0 Å². The number of halogens is 2. The van der Waals surface area contributed by atoms with Gasteiger partial charge in [0.25, 0.3) is 0 Å². The summed E-state index contributed by atoms with van der Waals surface area (Å²) in [6.45, 7) is 0. The summed E-state index contributed by atoms with van der Waals surface area (Å²) in [6, 6.07) is 12.6. The van der Waals surface area contributed by atoms with Gasteiger partial charge >= 0.3 is 0 Å². The van der Waals surface area contributed by atoms with Crippen LogP contribution >= 0.6 is 27.5 Å². The minimum absolute atomic E-state index is 0.0118. The van der Waals surface area contributed by atoms with Crippen molar-refractivity contribution in [2.45, 2.75) is 6.42 Å². The molecule has 0 aliphatic heterocycles. The maximum Gasteiger partial charge on any atom is 0.169 e. The monoisotopic (exact) mass is 323 g/mol. The molecule has 4 heteroatoms. The van der Waals surface area contributed by atoms with Crippen LogP contribution in [0.3, 0.4) is 0 Å². The van der Waals surface area contributed by atoms with Gasteiger partial charge in [-0.2, -0.15) is 0 Å². The molecule has 0 fully saturated rings. The van der Waals surface area contributed by atoms with Crippen LogP contribution in [0.25, 0.3) is 0 Å². The van der Waals surface area contributed by atoms with Crippen LogP contribution in [0.4, 0.5) is 5.69 Å². The van der Waals surface area contributed by atoms with Crippen LogP contribution in [0.2, 0.25) is 5.02 Å². The zero-order chi connectivity index (χ0) is 13.1. The van der Waals surface area contributed by atoms with E-state index in [1.165, 1.54) is 0 Å². The molecule has 2 N–H and O–H groups in total. The van der Waals surface area contributed by atoms with E-state index in [9.17, 15) is 4.79 Å². The average molecular weight is 325 g/mol. The predicted molar refractivity (Wildman–Crippen MR) is 78.0 cm³/mol. The molecule has 0 heterocycles. The van der Waals surface area contributed by atoms with Crippen molar-refractivity contribution in [3.05, 3.63) is 63.1 Å². The Morgan fingerprint density at radius 1 is 1.22 bits per heavy atom. The number of rotatable bonds is 3. The number of hydrogen-bond acceptors (Lipinski definition) is 2. The minimum Gasteiger partial charge on any atom is -0.398 e. The van der Waals surface area contributed by atoms with E-state index in [0.29, 0.717) is 22.7 Å². The highest BCUT2D eigenvalue weighted by Gasteiger charge is 2.11. The Bertz CT molecular complexity index is 598. The smallest absolute Gasteiger partial charge is 0.169 e. The number of ketones is 1. The van der Waals surface area contributed by atoms with E-state index in [0.717, 1.165) is 10.0 Å². The molecule has 0 saturated heterocycles. The Labute approximate surface area is 119 Å². The number of nitrogen functional groups attached to an aromatic ring is 1. The molecule has 0 radical (unpaired) electrons. The summed E-state index contributed by atoms with van der Waals surface area (Å²) in [4.78, 5) is 12.1. The summed E-state index contributed by atoms with van der Waals surface area (Å²) in [5.41, 5.74) is 7.67. The number of nitrogens with two attached hydrogens (primary N) is 1. The third kappa shape index (κ3) is 3.12. The van der Waals surface area contributed by atoms with Gasteiger partial charge in [-0.3, -0.25) is 4.79 Å². The van der Waals surface area contributed by atoms with Gasteiger partial charge in [0.2, 0.25) is 0 Å². The second kappa shape index (κ2) is 5.55. The zero-order valence-corrected chi connectivity index (χ0v) is 11.8. The fraction of sp³-hybridized carbons (Fsp3) is 0.0714. The molecule has 18 heavy (non-hydrogen) atoms. The van der Waals surface area contributed by atoms with Crippen molar-refractivity contribution >= 4 is 39.0 Å². The summed E-state index contributed by atoms with van der Waals surface area (Å²) in [6.07, 6.45) is 0.325. The fourth-order valence-electron chi connectivity index (χ4n) is 1.72. The second-order valence-electron chi connectivity index (χ2n) is 3.96. The molecule has 0 bridgehead atoms. The van der Waals surface area contributed by atoms with Gasteiger partial charge in [0, 0.05) is 27.2 Å². The number of benzene rings is 2. The van der Waals surface area contributed by atoms with Crippen molar-refractivity contribution in [1.82, 2.24) is 0 Å². The van der Waals surface area contributed by atoms with Crippen LogP contribution in [-0.4, -0.2) is 5.78 Å². The molecule has 0 aliphatic carbocycles. The lowest BCUT2D eigenvalue weighted by molar-refractivity contribution is 0.0994. The van der Waals surface area contributed by atoms with Crippen LogP contribution < -0.4 is 5.73 Å². The first-order valence-corrected chi connectivity index (χ1v) is 6.56. The Balaban J connectivity index is 2.22. The summed E-state index contributed by atoms with van der Waals surface area (Å²) >= 11 is 9.18. The van der Waals surface area contributed by atoms with Gasteiger partial charge in [-0.25, -0.2) is 0 Å². The number of carbonyl (C=O) groups is 1. The third-order valence-corrected chi connectivity index (χ3v) is 3.30. The largest absolute Gasteiger partial charge is 0.398 e. The first kappa shape index (κ1) is 13.1.